The molecule has 4 saturated carbocycles. The lowest BCUT2D eigenvalue weighted by molar-refractivity contribution is -0.393. The molecule has 0 saturated heterocycles. The summed E-state index contributed by atoms with van der Waals surface area (Å²) >= 11 is 0. The number of nitro groups is 2. The fourth-order valence-electron chi connectivity index (χ4n) is 5.99. The van der Waals surface area contributed by atoms with Crippen molar-refractivity contribution < 1.29 is 9.85 Å². The highest BCUT2D eigenvalue weighted by atomic mass is 16.6. The lowest BCUT2D eigenvalue weighted by Crippen LogP contribution is -2.49. The third-order valence-electron chi connectivity index (χ3n) is 6.92. The highest BCUT2D eigenvalue weighted by molar-refractivity contribution is 5.68. The largest absolute Gasteiger partial charge is 0.301 e. The van der Waals surface area contributed by atoms with Gasteiger partial charge in [-0.15, -0.1) is 0 Å². The third kappa shape index (κ3) is 3.28. The molecule has 0 spiro atoms. The number of rotatable bonds is 6. The monoisotopic (exact) mass is 372 g/mol. The predicted molar refractivity (Wildman–Crippen MR) is 102 cm³/mol. The van der Waals surface area contributed by atoms with E-state index >= 15 is 0 Å². The second kappa shape index (κ2) is 6.58. The van der Waals surface area contributed by atoms with Crippen molar-refractivity contribution in [1.29, 1.82) is 0 Å². The minimum atomic E-state index is -0.644. The fraction of sp³-hybridized carbons (Fsp3) is 0.632. The molecule has 0 heterocycles. The zero-order chi connectivity index (χ0) is 19.2. The van der Waals surface area contributed by atoms with E-state index in [1.807, 2.05) is 6.21 Å². The minimum absolute atomic E-state index is 0.166. The number of nitrogens with one attached hydrogen (secondary N) is 1. The summed E-state index contributed by atoms with van der Waals surface area (Å²) in [4.78, 5) is 20.8. The van der Waals surface area contributed by atoms with Crippen LogP contribution in [0.25, 0.3) is 0 Å². The Kier molecular flexibility index (Phi) is 4.36. The first-order chi connectivity index (χ1) is 12.9. The maximum absolute atomic E-state index is 11.2. The van der Waals surface area contributed by atoms with E-state index in [1.54, 1.807) is 0 Å². The van der Waals surface area contributed by atoms with Gasteiger partial charge in [-0.2, -0.15) is 5.10 Å². The third-order valence-corrected chi connectivity index (χ3v) is 6.92. The average molecular weight is 372 g/mol. The average Bonchev–Trinajstić information content (AvgIpc) is 2.60. The molecule has 1 atom stereocenters. The zero-order valence-electron chi connectivity index (χ0n) is 15.3. The Labute approximate surface area is 157 Å². The molecule has 0 amide bonds. The normalized spacial score (nSPS) is 32.6. The molecule has 4 bridgehead atoms. The standard InChI is InChI=1S/C19H24N4O4/c1-12(19-8-13-4-14(9-19)6-15(5-13)10-19)11-20-21-17-3-2-16(22(24)25)7-18(17)23(26)27/h2-3,7,11-15,21H,4-6,8-10H2,1H3. The number of anilines is 1. The number of hydrogen-bond acceptors (Lipinski definition) is 6. The Morgan fingerprint density at radius 2 is 1.70 bits per heavy atom. The first-order valence-corrected chi connectivity index (χ1v) is 9.58. The number of hydrazone groups is 1. The van der Waals surface area contributed by atoms with Crippen LogP contribution in [0, 0.1) is 49.3 Å². The number of benzene rings is 1. The topological polar surface area (TPSA) is 111 Å². The van der Waals surface area contributed by atoms with E-state index in [2.05, 4.69) is 17.5 Å². The fourth-order valence-corrected chi connectivity index (χ4v) is 5.99. The first kappa shape index (κ1) is 17.9. The van der Waals surface area contributed by atoms with Crippen molar-refractivity contribution in [3.63, 3.8) is 0 Å². The van der Waals surface area contributed by atoms with Crippen LogP contribution >= 0.6 is 0 Å². The van der Waals surface area contributed by atoms with E-state index < -0.39 is 9.85 Å². The Morgan fingerprint density at radius 1 is 1.11 bits per heavy atom. The van der Waals surface area contributed by atoms with Crippen LogP contribution in [0.2, 0.25) is 0 Å². The van der Waals surface area contributed by atoms with Crippen molar-refractivity contribution in [1.82, 2.24) is 0 Å². The molecule has 1 aromatic carbocycles. The van der Waals surface area contributed by atoms with Crippen molar-refractivity contribution in [2.45, 2.75) is 45.4 Å². The zero-order valence-corrected chi connectivity index (χ0v) is 15.3. The molecule has 8 nitrogen and oxygen atoms in total. The smallest absolute Gasteiger partial charge is 0.272 e. The van der Waals surface area contributed by atoms with Crippen molar-refractivity contribution in [2.24, 2.45) is 34.2 Å². The lowest BCUT2D eigenvalue weighted by Gasteiger charge is -2.58. The van der Waals surface area contributed by atoms with E-state index in [1.165, 1.54) is 50.7 Å². The Morgan fingerprint density at radius 3 is 2.22 bits per heavy atom. The molecule has 1 N–H and O–H groups in total. The summed E-state index contributed by atoms with van der Waals surface area (Å²) < 4.78 is 0. The summed E-state index contributed by atoms with van der Waals surface area (Å²) in [6, 6.07) is 3.54. The molecule has 0 aliphatic heterocycles. The molecule has 0 aromatic heterocycles. The number of hydrogen-bond donors (Lipinski definition) is 1. The maximum Gasteiger partial charge on any atom is 0.301 e. The summed E-state index contributed by atoms with van der Waals surface area (Å²) in [6.07, 6.45) is 9.83. The summed E-state index contributed by atoms with van der Waals surface area (Å²) in [7, 11) is 0. The molecule has 4 fully saturated rings. The van der Waals surface area contributed by atoms with Gasteiger partial charge >= 0.3 is 5.69 Å². The van der Waals surface area contributed by atoms with Crippen LogP contribution in [0.1, 0.15) is 45.4 Å². The summed E-state index contributed by atoms with van der Waals surface area (Å²) in [6.45, 7) is 2.20. The van der Waals surface area contributed by atoms with Crippen molar-refractivity contribution in [2.75, 3.05) is 5.43 Å². The molecule has 144 valence electrons. The van der Waals surface area contributed by atoms with E-state index in [0.29, 0.717) is 11.3 Å². The molecule has 8 heteroatoms. The minimum Gasteiger partial charge on any atom is -0.272 e. The lowest BCUT2D eigenvalue weighted by atomic mass is 9.47. The Balaban J connectivity index is 1.48. The molecule has 27 heavy (non-hydrogen) atoms. The van der Waals surface area contributed by atoms with Crippen LogP contribution in [0.3, 0.4) is 0 Å². The Bertz CT molecular complexity index is 772. The molecular formula is C19H24N4O4. The van der Waals surface area contributed by atoms with Gasteiger partial charge in [0.1, 0.15) is 5.69 Å². The van der Waals surface area contributed by atoms with Crippen molar-refractivity contribution in [3.05, 3.63) is 38.4 Å². The van der Waals surface area contributed by atoms with E-state index in [9.17, 15) is 20.2 Å². The molecular weight excluding hydrogens is 348 g/mol. The van der Waals surface area contributed by atoms with Crippen LogP contribution in [-0.2, 0) is 0 Å². The van der Waals surface area contributed by atoms with Crippen LogP contribution in [0.4, 0.5) is 17.1 Å². The van der Waals surface area contributed by atoms with Gasteiger partial charge in [-0.25, -0.2) is 0 Å². The second-order valence-corrected chi connectivity index (χ2v) is 8.67. The summed E-state index contributed by atoms with van der Waals surface area (Å²) in [5.74, 6) is 2.87. The predicted octanol–water partition coefficient (Wildman–Crippen LogP) is 4.75. The first-order valence-electron chi connectivity index (χ1n) is 9.58. The molecule has 1 unspecified atom stereocenters. The molecule has 4 aliphatic carbocycles. The van der Waals surface area contributed by atoms with Crippen LogP contribution in [0.5, 0.6) is 0 Å². The van der Waals surface area contributed by atoms with Gasteiger partial charge in [0.25, 0.3) is 5.69 Å². The van der Waals surface area contributed by atoms with Gasteiger partial charge in [0.2, 0.25) is 0 Å². The molecule has 5 rings (SSSR count). The summed E-state index contributed by atoms with van der Waals surface area (Å²) in [5, 5.41) is 26.3. The van der Waals surface area contributed by atoms with Crippen LogP contribution in [0.15, 0.2) is 23.3 Å². The van der Waals surface area contributed by atoms with Gasteiger partial charge < -0.3 is 0 Å². The Hall–Kier alpha value is -2.51. The highest BCUT2D eigenvalue weighted by Gasteiger charge is 2.52. The van der Waals surface area contributed by atoms with Gasteiger partial charge in [0.05, 0.1) is 15.9 Å². The SMILES string of the molecule is CC(C=NNc1ccc([N+](=O)[O-])cc1[N+](=O)[O-])C12CC3CC(CC(C3)C1)C2. The number of nitrogens with zero attached hydrogens (tertiary/aromatic N) is 3. The highest BCUT2D eigenvalue weighted by Crippen LogP contribution is 2.62. The molecule has 4 aliphatic rings. The van der Waals surface area contributed by atoms with E-state index in [-0.39, 0.29) is 17.1 Å². The van der Waals surface area contributed by atoms with E-state index in [0.717, 1.165) is 23.8 Å². The van der Waals surface area contributed by atoms with Crippen molar-refractivity contribution >= 4 is 23.3 Å². The van der Waals surface area contributed by atoms with Gasteiger partial charge in [-0.1, -0.05) is 6.92 Å². The van der Waals surface area contributed by atoms with Gasteiger partial charge in [-0.05, 0) is 73.7 Å². The second-order valence-electron chi connectivity index (χ2n) is 8.67. The van der Waals surface area contributed by atoms with Gasteiger partial charge in [0, 0.05) is 12.3 Å². The quantitative estimate of drug-likeness (QED) is 0.440. The number of non-ortho nitro benzene ring substituents is 1. The van der Waals surface area contributed by atoms with Gasteiger partial charge in [0.15, 0.2) is 0 Å². The number of nitro benzene ring substituents is 2. The van der Waals surface area contributed by atoms with Gasteiger partial charge in [-0.3, -0.25) is 25.7 Å². The van der Waals surface area contributed by atoms with Crippen LogP contribution in [-0.4, -0.2) is 16.1 Å². The summed E-state index contributed by atoms with van der Waals surface area (Å²) in [5.41, 5.74) is 2.56. The van der Waals surface area contributed by atoms with Crippen molar-refractivity contribution in [3.8, 4) is 0 Å². The molecule has 1 aromatic rings. The molecule has 0 radical (unpaired) electrons. The maximum atomic E-state index is 11.2. The van der Waals surface area contributed by atoms with Crippen LogP contribution < -0.4 is 5.43 Å². The van der Waals surface area contributed by atoms with E-state index in [4.69, 9.17) is 0 Å².